The zero-order valence-electron chi connectivity index (χ0n) is 20.8. The number of rotatable bonds is 8. The quantitative estimate of drug-likeness (QED) is 0.434. The number of para-hydroxylation sites is 2. The third kappa shape index (κ3) is 5.47. The van der Waals surface area contributed by atoms with E-state index in [1.165, 1.54) is 16.7 Å². The molecule has 5 nitrogen and oxygen atoms in total. The summed E-state index contributed by atoms with van der Waals surface area (Å²) in [5.74, 6) is 0.0800. The summed E-state index contributed by atoms with van der Waals surface area (Å²) in [5, 5.41) is 3.48. The lowest BCUT2D eigenvalue weighted by Crippen LogP contribution is -2.30. The Bertz CT molecular complexity index is 1140. The van der Waals surface area contributed by atoms with Crippen LogP contribution in [-0.4, -0.2) is 43.7 Å². The van der Waals surface area contributed by atoms with Gasteiger partial charge in [-0.2, -0.15) is 0 Å². The van der Waals surface area contributed by atoms with Crippen LogP contribution < -0.4 is 16.0 Å². The summed E-state index contributed by atoms with van der Waals surface area (Å²) in [5.41, 5.74) is 14.2. The predicted octanol–water partition coefficient (Wildman–Crippen LogP) is 5.41. The number of amides is 1. The first-order valence-electron chi connectivity index (χ1n) is 12.6. The van der Waals surface area contributed by atoms with Crippen molar-refractivity contribution in [2.75, 3.05) is 37.7 Å². The van der Waals surface area contributed by atoms with Crippen molar-refractivity contribution in [1.29, 1.82) is 0 Å². The van der Waals surface area contributed by atoms with E-state index in [0.29, 0.717) is 19.8 Å². The van der Waals surface area contributed by atoms with E-state index in [2.05, 4.69) is 58.7 Å². The molecule has 0 saturated carbocycles. The van der Waals surface area contributed by atoms with E-state index in [0.717, 1.165) is 48.4 Å². The van der Waals surface area contributed by atoms with Crippen molar-refractivity contribution in [3.63, 3.8) is 0 Å². The van der Waals surface area contributed by atoms with Gasteiger partial charge in [-0.1, -0.05) is 54.1 Å². The Hall–Kier alpha value is -3.41. The van der Waals surface area contributed by atoms with Gasteiger partial charge in [-0.3, -0.25) is 4.79 Å². The molecule has 1 heterocycles. The molecule has 4 rings (SSSR count). The summed E-state index contributed by atoms with van der Waals surface area (Å²) in [4.78, 5) is 16.9. The molecule has 0 spiro atoms. The van der Waals surface area contributed by atoms with E-state index in [9.17, 15) is 4.79 Å². The number of hydrogen-bond donors (Lipinski definition) is 2. The fourth-order valence-corrected chi connectivity index (χ4v) is 4.87. The zero-order chi connectivity index (χ0) is 24.6. The molecule has 3 aromatic carbocycles. The third-order valence-corrected chi connectivity index (χ3v) is 6.75. The molecule has 0 atom stereocenters. The van der Waals surface area contributed by atoms with Crippen LogP contribution in [0.15, 0.2) is 84.4 Å². The van der Waals surface area contributed by atoms with Crippen LogP contribution in [0.2, 0.25) is 0 Å². The van der Waals surface area contributed by atoms with Crippen molar-refractivity contribution in [3.8, 4) is 0 Å². The molecule has 1 aliphatic rings. The predicted molar refractivity (Wildman–Crippen MR) is 146 cm³/mol. The number of carbonyl (C=O) groups excluding carboxylic acids is 1. The maximum atomic E-state index is 12.9. The number of anilines is 2. The van der Waals surface area contributed by atoms with Gasteiger partial charge in [0.1, 0.15) is 0 Å². The lowest BCUT2D eigenvalue weighted by atomic mass is 9.87. The monoisotopic (exact) mass is 468 g/mol. The van der Waals surface area contributed by atoms with E-state index >= 15 is 0 Å². The maximum absolute atomic E-state index is 12.9. The molecule has 1 amide bonds. The van der Waals surface area contributed by atoms with Crippen LogP contribution in [0.5, 0.6) is 0 Å². The summed E-state index contributed by atoms with van der Waals surface area (Å²) in [6.45, 7) is 7.77. The highest BCUT2D eigenvalue weighted by atomic mass is 16.2. The van der Waals surface area contributed by atoms with Crippen LogP contribution in [0, 0.1) is 0 Å². The first-order valence-corrected chi connectivity index (χ1v) is 12.6. The SMILES string of the molecule is CCN(CC)C(=O)c1ccc(C(=C2CCNCC2)c2ccccc2N(CN)c2ccccc2)cc1. The Balaban J connectivity index is 1.81. The fraction of sp³-hybridized carbons (Fsp3) is 0.300. The van der Waals surface area contributed by atoms with Gasteiger partial charge in [0.15, 0.2) is 0 Å². The van der Waals surface area contributed by atoms with Gasteiger partial charge in [0.05, 0.1) is 12.4 Å². The minimum Gasteiger partial charge on any atom is -0.339 e. The van der Waals surface area contributed by atoms with Gasteiger partial charge in [-0.25, -0.2) is 0 Å². The number of nitrogens with zero attached hydrogens (tertiary/aromatic N) is 2. The molecule has 3 N–H and O–H groups in total. The standard InChI is InChI=1S/C30H36N4O/c1-3-33(4-2)30(35)25-16-14-23(15-17-25)29(24-18-20-32-21-19-24)27-12-8-9-13-28(27)34(22-31)26-10-6-5-7-11-26/h5-17,32H,3-4,18-22,31H2,1-2H3. The van der Waals surface area contributed by atoms with E-state index in [4.69, 9.17) is 5.73 Å². The largest absolute Gasteiger partial charge is 0.339 e. The molecule has 35 heavy (non-hydrogen) atoms. The Morgan fingerprint density at radius 1 is 0.829 bits per heavy atom. The molecule has 0 aromatic heterocycles. The molecule has 0 bridgehead atoms. The number of carbonyl (C=O) groups is 1. The van der Waals surface area contributed by atoms with Gasteiger partial charge in [0, 0.05) is 29.9 Å². The first-order chi connectivity index (χ1) is 17.2. The summed E-state index contributed by atoms with van der Waals surface area (Å²) in [6.07, 6.45) is 2.00. The zero-order valence-corrected chi connectivity index (χ0v) is 20.8. The highest BCUT2D eigenvalue weighted by Gasteiger charge is 2.21. The maximum Gasteiger partial charge on any atom is 0.253 e. The normalized spacial score (nSPS) is 13.4. The molecule has 182 valence electrons. The second-order valence-electron chi connectivity index (χ2n) is 8.75. The molecule has 5 heteroatoms. The molecule has 3 aromatic rings. The van der Waals surface area contributed by atoms with Gasteiger partial charge in [0.2, 0.25) is 0 Å². The summed E-state index contributed by atoms with van der Waals surface area (Å²) >= 11 is 0. The lowest BCUT2D eigenvalue weighted by molar-refractivity contribution is 0.0773. The lowest BCUT2D eigenvalue weighted by Gasteiger charge is -2.28. The second kappa shape index (κ2) is 11.8. The van der Waals surface area contributed by atoms with Crippen LogP contribution in [0.25, 0.3) is 5.57 Å². The van der Waals surface area contributed by atoms with Gasteiger partial charge in [-0.15, -0.1) is 0 Å². The first kappa shape index (κ1) is 24.7. The van der Waals surface area contributed by atoms with Crippen molar-refractivity contribution in [2.24, 2.45) is 5.73 Å². The Labute approximate surface area is 209 Å². The molecule has 0 unspecified atom stereocenters. The van der Waals surface area contributed by atoms with Gasteiger partial charge in [-0.05, 0) is 81.2 Å². The van der Waals surface area contributed by atoms with Crippen molar-refractivity contribution in [3.05, 3.63) is 101 Å². The third-order valence-electron chi connectivity index (χ3n) is 6.75. The molecule has 0 radical (unpaired) electrons. The molecule has 1 fully saturated rings. The minimum absolute atomic E-state index is 0.0800. The Morgan fingerprint density at radius 3 is 2.06 bits per heavy atom. The number of benzene rings is 3. The smallest absolute Gasteiger partial charge is 0.253 e. The van der Waals surface area contributed by atoms with Gasteiger partial charge < -0.3 is 20.9 Å². The summed E-state index contributed by atoms with van der Waals surface area (Å²) in [7, 11) is 0. The summed E-state index contributed by atoms with van der Waals surface area (Å²) < 4.78 is 0. The van der Waals surface area contributed by atoms with E-state index in [-0.39, 0.29) is 5.91 Å². The van der Waals surface area contributed by atoms with Crippen LogP contribution in [0.1, 0.15) is 48.2 Å². The second-order valence-corrected chi connectivity index (χ2v) is 8.75. The molecule has 1 saturated heterocycles. The van der Waals surface area contributed by atoms with Crippen LogP contribution in [0.4, 0.5) is 11.4 Å². The van der Waals surface area contributed by atoms with E-state index in [1.807, 2.05) is 49.1 Å². The van der Waals surface area contributed by atoms with Crippen molar-refractivity contribution in [2.45, 2.75) is 26.7 Å². The average molecular weight is 469 g/mol. The molecule has 1 aliphatic heterocycles. The van der Waals surface area contributed by atoms with Gasteiger partial charge in [0.25, 0.3) is 5.91 Å². The molecular formula is C30H36N4O. The fourth-order valence-electron chi connectivity index (χ4n) is 4.87. The summed E-state index contributed by atoms with van der Waals surface area (Å²) in [6, 6.07) is 26.9. The van der Waals surface area contributed by atoms with Crippen LogP contribution in [0.3, 0.4) is 0 Å². The number of nitrogens with one attached hydrogen (secondary N) is 1. The number of nitrogens with two attached hydrogens (primary N) is 1. The van der Waals surface area contributed by atoms with Crippen LogP contribution >= 0.6 is 0 Å². The average Bonchev–Trinajstić information content (AvgIpc) is 2.92. The molecule has 0 aliphatic carbocycles. The van der Waals surface area contributed by atoms with E-state index < -0.39 is 0 Å². The van der Waals surface area contributed by atoms with Gasteiger partial charge >= 0.3 is 0 Å². The Morgan fingerprint density at radius 2 is 1.43 bits per heavy atom. The van der Waals surface area contributed by atoms with Crippen molar-refractivity contribution in [1.82, 2.24) is 10.2 Å². The topological polar surface area (TPSA) is 61.6 Å². The molecular weight excluding hydrogens is 432 g/mol. The van der Waals surface area contributed by atoms with Crippen molar-refractivity contribution < 1.29 is 4.79 Å². The van der Waals surface area contributed by atoms with E-state index in [1.54, 1.807) is 0 Å². The van der Waals surface area contributed by atoms with Crippen molar-refractivity contribution >= 4 is 22.9 Å². The Kier molecular flexibility index (Phi) is 8.35. The number of hydrogen-bond acceptors (Lipinski definition) is 4. The highest BCUT2D eigenvalue weighted by Crippen LogP contribution is 2.38. The highest BCUT2D eigenvalue weighted by molar-refractivity contribution is 5.95. The number of piperidine rings is 1. The van der Waals surface area contributed by atoms with Crippen LogP contribution in [-0.2, 0) is 0 Å². The minimum atomic E-state index is 0.0800.